The van der Waals surface area contributed by atoms with Crippen molar-refractivity contribution in [3.05, 3.63) is 70.5 Å². The Balaban J connectivity index is 2.26. The normalized spacial score (nSPS) is 12.4. The molecule has 0 spiro atoms. The summed E-state index contributed by atoms with van der Waals surface area (Å²) in [6.07, 6.45) is 0.778. The monoisotopic (exact) mass is 257 g/mol. The van der Waals surface area contributed by atoms with E-state index in [0.717, 1.165) is 6.42 Å². The lowest BCUT2D eigenvalue weighted by Gasteiger charge is -2.17. The molecule has 1 nitrogen and oxygen atoms in total. The van der Waals surface area contributed by atoms with Crippen molar-refractivity contribution in [1.82, 2.24) is 0 Å². The van der Waals surface area contributed by atoms with Gasteiger partial charge in [0.05, 0.1) is 0 Å². The van der Waals surface area contributed by atoms with Crippen LogP contribution in [-0.2, 0) is 6.42 Å². The van der Waals surface area contributed by atoms with Crippen LogP contribution in [0.5, 0.6) is 0 Å². The van der Waals surface area contributed by atoms with Crippen LogP contribution in [0, 0.1) is 19.7 Å². The average Bonchev–Trinajstić information content (AvgIpc) is 2.36. The number of aryl methyl sites for hydroxylation is 2. The van der Waals surface area contributed by atoms with E-state index in [1.54, 1.807) is 6.07 Å². The Labute approximate surface area is 114 Å². The Hall–Kier alpha value is -1.67. The molecule has 2 heteroatoms. The number of nitrogens with two attached hydrogens (primary N) is 1. The first-order valence-corrected chi connectivity index (χ1v) is 6.62. The lowest BCUT2D eigenvalue weighted by Crippen LogP contribution is -2.16. The molecule has 0 bridgehead atoms. The Morgan fingerprint density at radius 3 is 2.26 bits per heavy atom. The molecule has 1 unspecified atom stereocenters. The van der Waals surface area contributed by atoms with Crippen LogP contribution in [0.1, 0.15) is 28.2 Å². The van der Waals surface area contributed by atoms with Gasteiger partial charge in [0, 0.05) is 5.92 Å². The Kier molecular flexibility index (Phi) is 4.33. The minimum absolute atomic E-state index is 0.0300. The van der Waals surface area contributed by atoms with Crippen LogP contribution in [-0.4, -0.2) is 6.54 Å². The van der Waals surface area contributed by atoms with E-state index in [2.05, 4.69) is 32.0 Å². The predicted octanol–water partition coefficient (Wildman–Crippen LogP) is 3.73. The molecule has 0 aromatic heterocycles. The second-order valence-corrected chi connectivity index (χ2v) is 5.15. The highest BCUT2D eigenvalue weighted by Crippen LogP contribution is 2.23. The number of benzene rings is 2. The molecule has 0 amide bonds. The van der Waals surface area contributed by atoms with Gasteiger partial charge in [-0.1, -0.05) is 47.5 Å². The summed E-state index contributed by atoms with van der Waals surface area (Å²) < 4.78 is 13.8. The molecule has 2 N–H and O–H groups in total. The smallest absolute Gasteiger partial charge is 0.126 e. The van der Waals surface area contributed by atoms with Crippen LogP contribution in [0.2, 0.25) is 0 Å². The van der Waals surface area contributed by atoms with E-state index in [9.17, 15) is 4.39 Å². The molecular weight excluding hydrogens is 237 g/mol. The maximum Gasteiger partial charge on any atom is 0.126 e. The summed E-state index contributed by atoms with van der Waals surface area (Å²) in [5, 5.41) is 0. The van der Waals surface area contributed by atoms with Crippen LogP contribution >= 0.6 is 0 Å². The zero-order valence-electron chi connectivity index (χ0n) is 11.5. The van der Waals surface area contributed by atoms with Crippen molar-refractivity contribution in [3.8, 4) is 0 Å². The second kappa shape index (κ2) is 5.98. The average molecular weight is 257 g/mol. The van der Waals surface area contributed by atoms with Gasteiger partial charge in [0.25, 0.3) is 0 Å². The number of rotatable bonds is 4. The summed E-state index contributed by atoms with van der Waals surface area (Å²) in [7, 11) is 0. The molecule has 19 heavy (non-hydrogen) atoms. The van der Waals surface area contributed by atoms with E-state index >= 15 is 0 Å². The minimum Gasteiger partial charge on any atom is -0.330 e. The summed E-state index contributed by atoms with van der Waals surface area (Å²) in [6, 6.07) is 13.3. The lowest BCUT2D eigenvalue weighted by molar-refractivity contribution is 0.575. The van der Waals surface area contributed by atoms with Crippen molar-refractivity contribution >= 4 is 0 Å². The summed E-state index contributed by atoms with van der Waals surface area (Å²) in [5.74, 6) is -0.135. The number of halogens is 1. The van der Waals surface area contributed by atoms with Gasteiger partial charge in [-0.05, 0) is 44.0 Å². The van der Waals surface area contributed by atoms with Crippen molar-refractivity contribution in [3.63, 3.8) is 0 Å². The summed E-state index contributed by atoms with van der Waals surface area (Å²) >= 11 is 0. The Bertz CT molecular complexity index is 543. The SMILES string of the molecule is Cc1cc(C)cc(CC(CN)c2ccccc2F)c1. The third-order valence-electron chi connectivity index (χ3n) is 3.39. The predicted molar refractivity (Wildman–Crippen MR) is 77.8 cm³/mol. The van der Waals surface area contributed by atoms with Gasteiger partial charge in [0.1, 0.15) is 5.82 Å². The molecule has 0 aliphatic heterocycles. The molecule has 2 aromatic rings. The molecule has 0 fully saturated rings. The lowest BCUT2D eigenvalue weighted by atomic mass is 9.90. The summed E-state index contributed by atoms with van der Waals surface area (Å²) in [5.41, 5.74) is 10.2. The third kappa shape index (κ3) is 3.42. The van der Waals surface area contributed by atoms with Gasteiger partial charge in [-0.3, -0.25) is 0 Å². The highest BCUT2D eigenvalue weighted by Gasteiger charge is 2.14. The van der Waals surface area contributed by atoms with Crippen molar-refractivity contribution in [2.24, 2.45) is 5.73 Å². The summed E-state index contributed by atoms with van der Waals surface area (Å²) in [4.78, 5) is 0. The fourth-order valence-electron chi connectivity index (χ4n) is 2.60. The number of hydrogen-bond acceptors (Lipinski definition) is 1. The van der Waals surface area contributed by atoms with E-state index in [-0.39, 0.29) is 11.7 Å². The van der Waals surface area contributed by atoms with Gasteiger partial charge in [-0.2, -0.15) is 0 Å². The molecule has 0 saturated carbocycles. The van der Waals surface area contributed by atoms with Crippen LogP contribution < -0.4 is 5.73 Å². The summed E-state index contributed by atoms with van der Waals surface area (Å²) in [6.45, 7) is 4.61. The van der Waals surface area contributed by atoms with Crippen LogP contribution in [0.3, 0.4) is 0 Å². The largest absolute Gasteiger partial charge is 0.330 e. The van der Waals surface area contributed by atoms with Gasteiger partial charge in [0.2, 0.25) is 0 Å². The van der Waals surface area contributed by atoms with E-state index in [0.29, 0.717) is 12.1 Å². The van der Waals surface area contributed by atoms with Crippen LogP contribution in [0.15, 0.2) is 42.5 Å². The zero-order valence-corrected chi connectivity index (χ0v) is 11.5. The zero-order chi connectivity index (χ0) is 13.8. The van der Waals surface area contributed by atoms with Crippen LogP contribution in [0.25, 0.3) is 0 Å². The van der Waals surface area contributed by atoms with Gasteiger partial charge in [-0.15, -0.1) is 0 Å². The quantitative estimate of drug-likeness (QED) is 0.887. The fourth-order valence-corrected chi connectivity index (χ4v) is 2.60. The molecule has 0 radical (unpaired) electrons. The van der Waals surface area contributed by atoms with Crippen molar-refractivity contribution in [2.45, 2.75) is 26.2 Å². The molecule has 0 aliphatic rings. The van der Waals surface area contributed by atoms with Crippen molar-refractivity contribution in [2.75, 3.05) is 6.54 Å². The van der Waals surface area contributed by atoms with Gasteiger partial charge >= 0.3 is 0 Å². The van der Waals surface area contributed by atoms with Gasteiger partial charge in [-0.25, -0.2) is 4.39 Å². The molecule has 2 rings (SSSR count). The van der Waals surface area contributed by atoms with Gasteiger partial charge in [0.15, 0.2) is 0 Å². The fraction of sp³-hybridized carbons (Fsp3) is 0.294. The highest BCUT2D eigenvalue weighted by molar-refractivity contribution is 5.31. The topological polar surface area (TPSA) is 26.0 Å². The maximum absolute atomic E-state index is 13.8. The molecule has 1 atom stereocenters. The maximum atomic E-state index is 13.8. The van der Waals surface area contributed by atoms with E-state index in [1.165, 1.54) is 22.8 Å². The number of hydrogen-bond donors (Lipinski definition) is 1. The first-order chi connectivity index (χ1) is 9.10. The highest BCUT2D eigenvalue weighted by atomic mass is 19.1. The molecule has 0 heterocycles. The second-order valence-electron chi connectivity index (χ2n) is 5.15. The molecule has 0 aliphatic carbocycles. The van der Waals surface area contributed by atoms with Crippen LogP contribution in [0.4, 0.5) is 4.39 Å². The van der Waals surface area contributed by atoms with E-state index in [4.69, 9.17) is 5.73 Å². The standard InChI is InChI=1S/C17H20FN/c1-12-7-13(2)9-14(8-12)10-15(11-19)16-5-3-4-6-17(16)18/h3-9,15H,10-11,19H2,1-2H3. The third-order valence-corrected chi connectivity index (χ3v) is 3.39. The Morgan fingerprint density at radius 2 is 1.68 bits per heavy atom. The molecular formula is C17H20FN. The van der Waals surface area contributed by atoms with E-state index < -0.39 is 0 Å². The first kappa shape index (κ1) is 13.8. The van der Waals surface area contributed by atoms with E-state index in [1.807, 2.05) is 12.1 Å². The molecule has 0 saturated heterocycles. The van der Waals surface area contributed by atoms with Gasteiger partial charge < -0.3 is 5.73 Å². The first-order valence-electron chi connectivity index (χ1n) is 6.62. The van der Waals surface area contributed by atoms with Crippen molar-refractivity contribution in [1.29, 1.82) is 0 Å². The molecule has 2 aromatic carbocycles. The molecule has 100 valence electrons. The van der Waals surface area contributed by atoms with Crippen molar-refractivity contribution < 1.29 is 4.39 Å². The Morgan fingerprint density at radius 1 is 1.05 bits per heavy atom. The minimum atomic E-state index is -0.165.